The van der Waals surface area contributed by atoms with Gasteiger partial charge >= 0.3 is 0 Å². The minimum Gasteiger partial charge on any atom is -0.117 e. The quantitative estimate of drug-likeness (QED) is 0.428. The fourth-order valence-electron chi connectivity index (χ4n) is 1.64. The van der Waals surface area contributed by atoms with Crippen LogP contribution in [0.4, 0.5) is 0 Å². The fraction of sp³-hybridized carbons (Fsp3) is 0.375. The van der Waals surface area contributed by atoms with Gasteiger partial charge in [-0.05, 0) is 43.8 Å². The van der Waals surface area contributed by atoms with Gasteiger partial charge in [-0.2, -0.15) is 0 Å². The summed E-state index contributed by atoms with van der Waals surface area (Å²) in [6.07, 6.45) is 10.6. The van der Waals surface area contributed by atoms with Crippen molar-refractivity contribution in [2.45, 2.75) is 39.5 Å². The lowest BCUT2D eigenvalue weighted by Crippen LogP contribution is -1.90. The van der Waals surface area contributed by atoms with Crippen molar-refractivity contribution in [1.82, 2.24) is 0 Å². The zero-order chi connectivity index (χ0) is 13.3. The Morgan fingerprint density at radius 1 is 1.24 bits per heavy atom. The summed E-state index contributed by atoms with van der Waals surface area (Å²) >= 11 is 0. The van der Waals surface area contributed by atoms with Crippen LogP contribution in [-0.2, 0) is 0 Å². The molecule has 0 aliphatic heterocycles. The molecule has 1 heteroatoms. The highest BCUT2D eigenvalue weighted by atomic mass is 14.1. The molecule has 92 valence electrons. The maximum atomic E-state index is 4.02. The molecule has 0 bridgehead atoms. The summed E-state index contributed by atoms with van der Waals surface area (Å²) in [5.41, 5.74) is 4.97. The molecule has 0 amide bonds. The van der Waals surface area contributed by atoms with E-state index in [0.717, 1.165) is 31.3 Å². The molecule has 0 nitrogen and oxygen atoms in total. The highest BCUT2D eigenvalue weighted by Gasteiger charge is 2.01. The van der Waals surface area contributed by atoms with Crippen molar-refractivity contribution in [1.29, 1.82) is 0 Å². The summed E-state index contributed by atoms with van der Waals surface area (Å²) in [6, 6.07) is 0. The van der Waals surface area contributed by atoms with Crippen molar-refractivity contribution in [3.8, 4) is 0 Å². The second kappa shape index (κ2) is 8.86. The van der Waals surface area contributed by atoms with Crippen LogP contribution in [-0.4, -0.2) is 7.85 Å². The predicted octanol–water partition coefficient (Wildman–Crippen LogP) is 4.33. The molecule has 0 saturated carbocycles. The van der Waals surface area contributed by atoms with Crippen LogP contribution < -0.4 is 0 Å². The molecular weight excluding hydrogens is 203 g/mol. The van der Waals surface area contributed by atoms with E-state index < -0.39 is 0 Å². The molecule has 0 aromatic carbocycles. The lowest BCUT2D eigenvalue weighted by atomic mass is 9.90. The summed E-state index contributed by atoms with van der Waals surface area (Å²) in [5.74, 6) is 0. The standard InChI is InChI=1S/C16H25B/c1-6-13(4)12-16(8-3)15(7-2)11-9-10-14(5)17/h7-8,12H,3-6,9-11,17H2,1-2H3/b15-7-,16-12-. The average Bonchev–Trinajstić information content (AvgIpc) is 2.31. The lowest BCUT2D eigenvalue weighted by molar-refractivity contribution is 0.832. The van der Waals surface area contributed by atoms with Crippen LogP contribution in [0.15, 0.2) is 60.2 Å². The summed E-state index contributed by atoms with van der Waals surface area (Å²) in [6.45, 7) is 16.1. The van der Waals surface area contributed by atoms with E-state index in [1.807, 2.05) is 6.08 Å². The minimum atomic E-state index is 0.986. The van der Waals surface area contributed by atoms with Gasteiger partial charge in [0.25, 0.3) is 0 Å². The van der Waals surface area contributed by atoms with Crippen molar-refractivity contribution in [2.75, 3.05) is 0 Å². The zero-order valence-electron chi connectivity index (χ0n) is 11.7. The molecule has 0 radical (unpaired) electrons. The topological polar surface area (TPSA) is 0 Å². The van der Waals surface area contributed by atoms with Gasteiger partial charge < -0.3 is 0 Å². The molecule has 0 aromatic rings. The van der Waals surface area contributed by atoms with Gasteiger partial charge in [0, 0.05) is 0 Å². The molecule has 0 rings (SSSR count). The van der Waals surface area contributed by atoms with Crippen LogP contribution in [0.2, 0.25) is 0 Å². The van der Waals surface area contributed by atoms with Gasteiger partial charge in [-0.3, -0.25) is 0 Å². The van der Waals surface area contributed by atoms with Crippen LogP contribution in [0.3, 0.4) is 0 Å². The van der Waals surface area contributed by atoms with E-state index in [1.165, 1.54) is 16.6 Å². The Morgan fingerprint density at radius 2 is 1.88 bits per heavy atom. The summed E-state index contributed by atoms with van der Waals surface area (Å²) in [7, 11) is 2.08. The van der Waals surface area contributed by atoms with Crippen LogP contribution in [0.5, 0.6) is 0 Å². The summed E-state index contributed by atoms with van der Waals surface area (Å²) in [5, 5.41) is 0. The van der Waals surface area contributed by atoms with E-state index in [4.69, 9.17) is 0 Å². The molecule has 0 N–H and O–H groups in total. The molecular formula is C16H25B. The Balaban J connectivity index is 4.62. The van der Waals surface area contributed by atoms with Gasteiger partial charge in [-0.15, -0.1) is 12.1 Å². The van der Waals surface area contributed by atoms with E-state index >= 15 is 0 Å². The first-order valence-corrected chi connectivity index (χ1v) is 6.37. The predicted molar refractivity (Wildman–Crippen MR) is 83.0 cm³/mol. The van der Waals surface area contributed by atoms with Gasteiger partial charge in [0.05, 0.1) is 0 Å². The monoisotopic (exact) mass is 228 g/mol. The van der Waals surface area contributed by atoms with Crippen LogP contribution in [0.1, 0.15) is 39.5 Å². The van der Waals surface area contributed by atoms with Crippen LogP contribution in [0, 0.1) is 0 Å². The number of allylic oxidation sites excluding steroid dienone is 7. The van der Waals surface area contributed by atoms with E-state index in [0.29, 0.717) is 0 Å². The van der Waals surface area contributed by atoms with Crippen LogP contribution >= 0.6 is 0 Å². The normalized spacial score (nSPS) is 12.4. The first-order valence-electron chi connectivity index (χ1n) is 6.37. The average molecular weight is 228 g/mol. The van der Waals surface area contributed by atoms with Gasteiger partial charge in [-0.25, -0.2) is 0 Å². The van der Waals surface area contributed by atoms with Crippen molar-refractivity contribution in [3.63, 3.8) is 0 Å². The van der Waals surface area contributed by atoms with Gasteiger partial charge in [-0.1, -0.05) is 43.9 Å². The smallest absolute Gasteiger partial charge is 0.117 e. The fourth-order valence-corrected chi connectivity index (χ4v) is 1.64. The molecule has 0 aliphatic carbocycles. The minimum absolute atomic E-state index is 0.986. The van der Waals surface area contributed by atoms with Crippen molar-refractivity contribution in [2.24, 2.45) is 0 Å². The Labute approximate surface area is 108 Å². The molecule has 0 atom stereocenters. The van der Waals surface area contributed by atoms with Gasteiger partial charge in [0.15, 0.2) is 0 Å². The number of rotatable bonds is 8. The maximum Gasteiger partial charge on any atom is 0.133 e. The third kappa shape index (κ3) is 6.83. The second-order valence-electron chi connectivity index (χ2n) is 4.44. The molecule has 0 aliphatic rings. The van der Waals surface area contributed by atoms with Gasteiger partial charge in [0.1, 0.15) is 7.85 Å². The molecule has 0 aromatic heterocycles. The number of hydrogen-bond acceptors (Lipinski definition) is 0. The SMILES string of the molecule is BC(=C)CCCC(=C/C)/C(C=C)=C\C(=C)CC. The molecule has 17 heavy (non-hydrogen) atoms. The van der Waals surface area contributed by atoms with E-state index in [9.17, 15) is 0 Å². The van der Waals surface area contributed by atoms with Crippen molar-refractivity contribution >= 4 is 7.85 Å². The zero-order valence-corrected chi connectivity index (χ0v) is 11.7. The first kappa shape index (κ1) is 15.8. The van der Waals surface area contributed by atoms with Crippen LogP contribution in [0.25, 0.3) is 0 Å². The summed E-state index contributed by atoms with van der Waals surface area (Å²) in [4.78, 5) is 0. The lowest BCUT2D eigenvalue weighted by Gasteiger charge is -2.09. The summed E-state index contributed by atoms with van der Waals surface area (Å²) < 4.78 is 0. The Morgan fingerprint density at radius 3 is 2.29 bits per heavy atom. The number of hydrogen-bond donors (Lipinski definition) is 0. The first-order chi connectivity index (χ1) is 8.04. The van der Waals surface area contributed by atoms with E-state index in [1.54, 1.807) is 0 Å². The third-order valence-electron chi connectivity index (χ3n) is 2.80. The Hall–Kier alpha value is -1.24. The Kier molecular flexibility index (Phi) is 8.22. The van der Waals surface area contributed by atoms with Gasteiger partial charge in [0.2, 0.25) is 0 Å². The van der Waals surface area contributed by atoms with Crippen molar-refractivity contribution < 1.29 is 0 Å². The molecule has 0 heterocycles. The molecule has 0 unspecified atom stereocenters. The van der Waals surface area contributed by atoms with E-state index in [2.05, 4.69) is 53.6 Å². The molecule has 0 spiro atoms. The third-order valence-corrected chi connectivity index (χ3v) is 2.80. The maximum absolute atomic E-state index is 4.02. The largest absolute Gasteiger partial charge is 0.133 e. The highest BCUT2D eigenvalue weighted by Crippen LogP contribution is 2.21. The van der Waals surface area contributed by atoms with E-state index in [-0.39, 0.29) is 0 Å². The van der Waals surface area contributed by atoms with Crippen molar-refractivity contribution in [3.05, 3.63) is 60.2 Å². The molecule has 0 saturated heterocycles. The highest BCUT2D eigenvalue weighted by molar-refractivity contribution is 6.21. The second-order valence-corrected chi connectivity index (χ2v) is 4.44. The molecule has 0 fully saturated rings. The Bertz CT molecular complexity index is 343.